The highest BCUT2D eigenvalue weighted by molar-refractivity contribution is 7.91. The van der Waals surface area contributed by atoms with E-state index in [4.69, 9.17) is 0 Å². The van der Waals surface area contributed by atoms with E-state index in [1.54, 1.807) is 6.20 Å². The third kappa shape index (κ3) is 3.02. The lowest BCUT2D eigenvalue weighted by Gasteiger charge is -2.27. The van der Waals surface area contributed by atoms with Crippen LogP contribution in [-0.2, 0) is 22.1 Å². The molecule has 0 spiro atoms. The predicted molar refractivity (Wildman–Crippen MR) is 97.2 cm³/mol. The molecule has 0 saturated carbocycles. The molecule has 0 N–H and O–H groups in total. The van der Waals surface area contributed by atoms with Gasteiger partial charge in [-0.25, -0.2) is 18.4 Å². The number of anilines is 1. The van der Waals surface area contributed by atoms with Gasteiger partial charge in [-0.05, 0) is 5.56 Å². The lowest BCUT2D eigenvalue weighted by atomic mass is 10.00. The average Bonchev–Trinajstić information content (AvgIpc) is 3.00. The quantitative estimate of drug-likeness (QED) is 0.827. The first-order chi connectivity index (χ1) is 11.9. The molecular weight excluding hydrogens is 336 g/mol. The number of aromatic nitrogens is 2. The number of benzene rings is 1. The van der Waals surface area contributed by atoms with Crippen LogP contribution in [0.4, 0.5) is 5.95 Å². The summed E-state index contributed by atoms with van der Waals surface area (Å²) in [6, 6.07) is 10.2. The molecule has 0 radical (unpaired) electrons. The van der Waals surface area contributed by atoms with Gasteiger partial charge in [0, 0.05) is 51.4 Å². The molecule has 1 aromatic heterocycles. The Balaban J connectivity index is 1.66. The highest BCUT2D eigenvalue weighted by atomic mass is 32.2. The second kappa shape index (κ2) is 6.07. The van der Waals surface area contributed by atoms with E-state index in [0.717, 1.165) is 24.3 Å². The van der Waals surface area contributed by atoms with E-state index in [1.807, 2.05) is 37.2 Å². The zero-order valence-corrected chi connectivity index (χ0v) is 15.3. The Bertz CT molecular complexity index is 883. The highest BCUT2D eigenvalue weighted by Crippen LogP contribution is 2.39. The monoisotopic (exact) mass is 358 g/mol. The van der Waals surface area contributed by atoms with Crippen molar-refractivity contribution in [3.63, 3.8) is 0 Å². The van der Waals surface area contributed by atoms with Crippen LogP contribution in [0.3, 0.4) is 0 Å². The Labute approximate surface area is 148 Å². The minimum atomic E-state index is -3.17. The summed E-state index contributed by atoms with van der Waals surface area (Å²) < 4.78 is 25.5. The van der Waals surface area contributed by atoms with Crippen molar-refractivity contribution in [1.82, 2.24) is 14.9 Å². The second-order valence-corrected chi connectivity index (χ2v) is 9.33. The topological polar surface area (TPSA) is 66.4 Å². The number of likely N-dealkylation sites (tertiary alicyclic amines) is 1. The van der Waals surface area contributed by atoms with Crippen LogP contribution in [-0.4, -0.2) is 55.7 Å². The molecule has 132 valence electrons. The van der Waals surface area contributed by atoms with Crippen LogP contribution in [0.1, 0.15) is 22.7 Å². The lowest BCUT2D eigenvalue weighted by Crippen LogP contribution is -2.35. The lowest BCUT2D eigenvalue weighted by molar-refractivity contribution is 0.326. The molecule has 0 amide bonds. The Morgan fingerprint density at radius 1 is 1.20 bits per heavy atom. The van der Waals surface area contributed by atoms with Crippen molar-refractivity contribution < 1.29 is 8.42 Å². The maximum Gasteiger partial charge on any atom is 0.225 e. The van der Waals surface area contributed by atoms with Crippen molar-refractivity contribution in [2.24, 2.45) is 0 Å². The van der Waals surface area contributed by atoms with Crippen LogP contribution in [0.5, 0.6) is 0 Å². The Kier molecular flexibility index (Phi) is 4.00. The third-order valence-electron chi connectivity index (χ3n) is 5.05. The molecule has 3 heterocycles. The summed E-state index contributed by atoms with van der Waals surface area (Å²) in [4.78, 5) is 13.1. The molecule has 0 aliphatic carbocycles. The Morgan fingerprint density at radius 2 is 1.96 bits per heavy atom. The van der Waals surface area contributed by atoms with E-state index < -0.39 is 9.84 Å². The van der Waals surface area contributed by atoms with Gasteiger partial charge >= 0.3 is 0 Å². The van der Waals surface area contributed by atoms with E-state index in [0.29, 0.717) is 12.5 Å². The van der Waals surface area contributed by atoms with Crippen LogP contribution in [0.15, 0.2) is 36.5 Å². The fourth-order valence-electron chi connectivity index (χ4n) is 3.83. The summed E-state index contributed by atoms with van der Waals surface area (Å²) in [7, 11) is 0.629. The SMILES string of the molecule is CN(C)c1ncc2c(n1)[C@@H]1CN(Cc3ccccc3)C[C@@H]1S(=O)(=O)C2. The first-order valence-electron chi connectivity index (χ1n) is 8.45. The maximum absolute atomic E-state index is 12.8. The molecule has 2 aliphatic rings. The molecule has 25 heavy (non-hydrogen) atoms. The molecule has 4 rings (SSSR count). The van der Waals surface area contributed by atoms with Gasteiger partial charge in [0.05, 0.1) is 16.7 Å². The van der Waals surface area contributed by atoms with E-state index >= 15 is 0 Å². The van der Waals surface area contributed by atoms with Gasteiger partial charge in [-0.1, -0.05) is 30.3 Å². The zero-order chi connectivity index (χ0) is 17.6. The fourth-order valence-corrected chi connectivity index (χ4v) is 5.85. The molecule has 2 atom stereocenters. The van der Waals surface area contributed by atoms with Gasteiger partial charge in [0.1, 0.15) is 0 Å². The number of sulfone groups is 1. The maximum atomic E-state index is 12.8. The van der Waals surface area contributed by atoms with Crippen molar-refractivity contribution in [3.8, 4) is 0 Å². The molecular formula is C18H22N4O2S. The second-order valence-electron chi connectivity index (χ2n) is 7.11. The number of fused-ring (bicyclic) bond motifs is 3. The molecule has 2 aromatic rings. The van der Waals surface area contributed by atoms with Crippen LogP contribution in [0.2, 0.25) is 0 Å². The minimum Gasteiger partial charge on any atom is -0.347 e. The normalized spacial score (nSPS) is 24.6. The molecule has 7 heteroatoms. The summed E-state index contributed by atoms with van der Waals surface area (Å²) in [6.45, 7) is 2.06. The largest absolute Gasteiger partial charge is 0.347 e. The highest BCUT2D eigenvalue weighted by Gasteiger charge is 2.47. The minimum absolute atomic E-state index is 0.0520. The average molecular weight is 358 g/mol. The van der Waals surface area contributed by atoms with E-state index in [-0.39, 0.29) is 16.9 Å². The van der Waals surface area contributed by atoms with Crippen LogP contribution >= 0.6 is 0 Å². The molecule has 0 unspecified atom stereocenters. The van der Waals surface area contributed by atoms with Gasteiger partial charge < -0.3 is 4.90 Å². The van der Waals surface area contributed by atoms with E-state index in [2.05, 4.69) is 27.0 Å². The third-order valence-corrected chi connectivity index (χ3v) is 7.16. The first kappa shape index (κ1) is 16.5. The fraction of sp³-hybridized carbons (Fsp3) is 0.444. The van der Waals surface area contributed by atoms with Gasteiger partial charge in [0.25, 0.3) is 0 Å². The summed E-state index contributed by atoms with van der Waals surface area (Å²) in [5, 5.41) is -0.367. The van der Waals surface area contributed by atoms with Crippen molar-refractivity contribution in [2.45, 2.75) is 23.5 Å². The molecule has 1 fully saturated rings. The van der Waals surface area contributed by atoms with Gasteiger partial charge in [0.15, 0.2) is 9.84 Å². The van der Waals surface area contributed by atoms with Crippen molar-refractivity contribution >= 4 is 15.8 Å². The predicted octanol–water partition coefficient (Wildman–Crippen LogP) is 1.44. The number of hydrogen-bond donors (Lipinski definition) is 0. The molecule has 0 bridgehead atoms. The Morgan fingerprint density at radius 3 is 2.68 bits per heavy atom. The van der Waals surface area contributed by atoms with Crippen molar-refractivity contribution in [3.05, 3.63) is 53.3 Å². The van der Waals surface area contributed by atoms with Crippen LogP contribution in [0.25, 0.3) is 0 Å². The first-order valence-corrected chi connectivity index (χ1v) is 10.2. The molecule has 2 aliphatic heterocycles. The standard InChI is InChI=1S/C18H22N4O2S/c1-21(2)18-19-8-14-12-25(23,24)16-11-22(10-15(16)17(14)20-18)9-13-6-4-3-5-7-13/h3-8,15-16H,9-12H2,1-2H3/t15-,16+/m1/s1. The number of hydrogen-bond acceptors (Lipinski definition) is 6. The molecule has 1 aromatic carbocycles. The smallest absolute Gasteiger partial charge is 0.225 e. The van der Waals surface area contributed by atoms with Gasteiger partial charge in [-0.3, -0.25) is 4.90 Å². The zero-order valence-electron chi connectivity index (χ0n) is 14.5. The van der Waals surface area contributed by atoms with Gasteiger partial charge in [-0.2, -0.15) is 0 Å². The number of rotatable bonds is 3. The number of nitrogens with zero attached hydrogens (tertiary/aromatic N) is 4. The van der Waals surface area contributed by atoms with Crippen molar-refractivity contribution in [2.75, 3.05) is 32.1 Å². The Hall–Kier alpha value is -1.99. The summed E-state index contributed by atoms with van der Waals surface area (Å²) in [5.41, 5.74) is 2.87. The molecule has 6 nitrogen and oxygen atoms in total. The van der Waals surface area contributed by atoms with E-state index in [9.17, 15) is 8.42 Å². The summed E-state index contributed by atoms with van der Waals surface area (Å²) >= 11 is 0. The van der Waals surface area contributed by atoms with E-state index in [1.165, 1.54) is 5.56 Å². The van der Waals surface area contributed by atoms with Gasteiger partial charge in [-0.15, -0.1) is 0 Å². The summed E-state index contributed by atoms with van der Waals surface area (Å²) in [6.07, 6.45) is 1.69. The van der Waals surface area contributed by atoms with Gasteiger partial charge in [0.2, 0.25) is 5.95 Å². The van der Waals surface area contributed by atoms with Crippen LogP contribution in [0, 0.1) is 0 Å². The van der Waals surface area contributed by atoms with Crippen molar-refractivity contribution in [1.29, 1.82) is 0 Å². The van der Waals surface area contributed by atoms with Crippen LogP contribution < -0.4 is 4.90 Å². The summed E-state index contributed by atoms with van der Waals surface area (Å²) in [5.74, 6) is 0.619. The molecule has 1 saturated heterocycles.